The third kappa shape index (κ3) is 3.22. The average molecular weight is 310 g/mol. The number of hydrogen-bond donors (Lipinski definition) is 0. The van der Waals surface area contributed by atoms with E-state index in [9.17, 15) is 4.79 Å². The van der Waals surface area contributed by atoms with Crippen LogP contribution < -0.4 is 5.56 Å². The molecule has 0 spiro atoms. The lowest BCUT2D eigenvalue weighted by Gasteiger charge is -2.06. The van der Waals surface area contributed by atoms with Gasteiger partial charge in [-0.15, -0.1) is 0 Å². The maximum atomic E-state index is 12.2. The predicted molar refractivity (Wildman–Crippen MR) is 92.4 cm³/mol. The van der Waals surface area contributed by atoms with Crippen molar-refractivity contribution in [3.63, 3.8) is 0 Å². The Bertz CT molecular complexity index is 853. The molecule has 3 rings (SSSR count). The van der Waals surface area contributed by atoms with E-state index in [2.05, 4.69) is 36.2 Å². The van der Waals surface area contributed by atoms with Crippen LogP contribution in [0.15, 0.2) is 53.3 Å². The molecule has 4 heteroatoms. The fourth-order valence-corrected chi connectivity index (χ4v) is 3.28. The Balaban J connectivity index is 1.74. The van der Waals surface area contributed by atoms with E-state index < -0.39 is 0 Å². The fourth-order valence-electron chi connectivity index (χ4n) is 2.40. The lowest BCUT2D eigenvalue weighted by Crippen LogP contribution is -2.17. The van der Waals surface area contributed by atoms with Crippen molar-refractivity contribution in [1.29, 1.82) is 0 Å². The topological polar surface area (TPSA) is 34.4 Å². The normalized spacial score (nSPS) is 11.0. The van der Waals surface area contributed by atoms with E-state index in [1.165, 1.54) is 11.1 Å². The van der Waals surface area contributed by atoms with Gasteiger partial charge in [0, 0.05) is 23.3 Å². The van der Waals surface area contributed by atoms with Gasteiger partial charge >= 0.3 is 0 Å². The lowest BCUT2D eigenvalue weighted by molar-refractivity contribution is 0.968. The van der Waals surface area contributed by atoms with Crippen molar-refractivity contribution in [2.45, 2.75) is 25.4 Å². The van der Waals surface area contributed by atoms with E-state index in [1.807, 2.05) is 25.1 Å². The summed E-state index contributed by atoms with van der Waals surface area (Å²) >= 11 is 1.78. The summed E-state index contributed by atoms with van der Waals surface area (Å²) in [5, 5.41) is 0. The van der Waals surface area contributed by atoms with Gasteiger partial charge in [0.05, 0.1) is 5.69 Å². The van der Waals surface area contributed by atoms with Crippen LogP contribution in [-0.2, 0) is 11.5 Å². The molecule has 0 aliphatic rings. The first-order valence-corrected chi connectivity index (χ1v) is 8.40. The zero-order valence-corrected chi connectivity index (χ0v) is 13.6. The molecule has 0 saturated carbocycles. The highest BCUT2D eigenvalue weighted by Gasteiger charge is 2.04. The van der Waals surface area contributed by atoms with Crippen molar-refractivity contribution in [3.05, 3.63) is 81.4 Å². The average Bonchev–Trinajstić information content (AvgIpc) is 2.49. The zero-order chi connectivity index (χ0) is 15.5. The molecule has 0 saturated heterocycles. The maximum Gasteiger partial charge on any atom is 0.258 e. The van der Waals surface area contributed by atoms with E-state index in [-0.39, 0.29) is 5.56 Å². The van der Waals surface area contributed by atoms with Gasteiger partial charge < -0.3 is 0 Å². The van der Waals surface area contributed by atoms with Gasteiger partial charge in [0.1, 0.15) is 5.65 Å². The minimum Gasteiger partial charge on any atom is -0.269 e. The summed E-state index contributed by atoms with van der Waals surface area (Å²) in [7, 11) is 0. The smallest absolute Gasteiger partial charge is 0.258 e. The molecule has 0 fully saturated rings. The number of pyridine rings is 1. The first-order chi connectivity index (χ1) is 10.6. The summed E-state index contributed by atoms with van der Waals surface area (Å²) < 4.78 is 1.65. The summed E-state index contributed by atoms with van der Waals surface area (Å²) in [6, 6.07) is 15.9. The molecular weight excluding hydrogens is 292 g/mol. The Morgan fingerprint density at radius 2 is 1.82 bits per heavy atom. The Morgan fingerprint density at radius 3 is 2.59 bits per heavy atom. The summed E-state index contributed by atoms with van der Waals surface area (Å²) in [6.45, 7) is 4.01. The molecule has 3 aromatic rings. The van der Waals surface area contributed by atoms with Crippen LogP contribution in [0.4, 0.5) is 0 Å². The van der Waals surface area contributed by atoms with Crippen molar-refractivity contribution in [2.24, 2.45) is 0 Å². The molecule has 112 valence electrons. The second-order valence-corrected chi connectivity index (χ2v) is 6.41. The summed E-state index contributed by atoms with van der Waals surface area (Å²) in [6.07, 6.45) is 0. The minimum absolute atomic E-state index is 0.00552. The number of nitrogens with zero attached hydrogens (tertiary/aromatic N) is 2. The van der Waals surface area contributed by atoms with Crippen molar-refractivity contribution >= 4 is 17.4 Å². The van der Waals surface area contributed by atoms with Gasteiger partial charge in [0.2, 0.25) is 0 Å². The second kappa shape index (κ2) is 6.36. The van der Waals surface area contributed by atoms with Crippen molar-refractivity contribution in [1.82, 2.24) is 9.38 Å². The van der Waals surface area contributed by atoms with Gasteiger partial charge in [-0.1, -0.05) is 35.9 Å². The molecule has 2 aromatic heterocycles. The maximum absolute atomic E-state index is 12.2. The second-order valence-electron chi connectivity index (χ2n) is 5.42. The van der Waals surface area contributed by atoms with Crippen molar-refractivity contribution < 1.29 is 0 Å². The first kappa shape index (κ1) is 14.9. The molecule has 2 heterocycles. The van der Waals surface area contributed by atoms with E-state index in [0.717, 1.165) is 28.5 Å². The Labute approximate surface area is 134 Å². The molecule has 0 amide bonds. The standard InChI is InChI=1S/C18H18N2OS/c1-13-6-8-15(9-7-13)11-22-12-16-10-18(21)20-14(2)4-3-5-17(20)19-16/h3-10H,11-12H2,1-2H3. The molecule has 3 nitrogen and oxygen atoms in total. The van der Waals surface area contributed by atoms with Gasteiger partial charge in [-0.2, -0.15) is 11.8 Å². The van der Waals surface area contributed by atoms with Gasteiger partial charge in [-0.05, 0) is 31.5 Å². The van der Waals surface area contributed by atoms with Crippen LogP contribution >= 0.6 is 11.8 Å². The highest BCUT2D eigenvalue weighted by Crippen LogP contribution is 2.17. The van der Waals surface area contributed by atoms with Crippen molar-refractivity contribution in [2.75, 3.05) is 0 Å². The number of rotatable bonds is 4. The Hall–Kier alpha value is -2.07. The van der Waals surface area contributed by atoms with E-state index in [1.54, 1.807) is 22.2 Å². The molecule has 0 atom stereocenters. The Morgan fingerprint density at radius 1 is 1.05 bits per heavy atom. The molecule has 0 bridgehead atoms. The highest BCUT2D eigenvalue weighted by molar-refractivity contribution is 7.97. The van der Waals surface area contributed by atoms with Gasteiger partial charge in [0.15, 0.2) is 0 Å². The summed E-state index contributed by atoms with van der Waals surface area (Å²) in [4.78, 5) is 16.8. The Kier molecular flexibility index (Phi) is 4.29. The van der Waals surface area contributed by atoms with Crippen LogP contribution in [0, 0.1) is 13.8 Å². The number of hydrogen-bond acceptors (Lipinski definition) is 3. The van der Waals surface area contributed by atoms with E-state index >= 15 is 0 Å². The zero-order valence-electron chi connectivity index (χ0n) is 12.7. The van der Waals surface area contributed by atoms with Crippen LogP contribution in [0.3, 0.4) is 0 Å². The predicted octanol–water partition coefficient (Wildman–Crippen LogP) is 3.74. The largest absolute Gasteiger partial charge is 0.269 e. The van der Waals surface area contributed by atoms with E-state index in [0.29, 0.717) is 0 Å². The SMILES string of the molecule is Cc1ccc(CSCc2cc(=O)n3c(C)cccc3n2)cc1. The molecule has 0 aliphatic heterocycles. The number of aryl methyl sites for hydroxylation is 2. The third-order valence-corrected chi connectivity index (χ3v) is 4.61. The number of benzene rings is 1. The number of fused-ring (bicyclic) bond motifs is 1. The quantitative estimate of drug-likeness (QED) is 0.736. The van der Waals surface area contributed by atoms with Gasteiger partial charge in [-0.3, -0.25) is 9.20 Å². The monoisotopic (exact) mass is 310 g/mol. The third-order valence-electron chi connectivity index (χ3n) is 3.57. The van der Waals surface area contributed by atoms with Crippen LogP contribution in [0.1, 0.15) is 22.5 Å². The molecule has 1 aromatic carbocycles. The summed E-state index contributed by atoms with van der Waals surface area (Å²) in [5.41, 5.74) is 5.03. The molecule has 0 aliphatic carbocycles. The van der Waals surface area contributed by atoms with Crippen LogP contribution in [0.5, 0.6) is 0 Å². The van der Waals surface area contributed by atoms with Gasteiger partial charge in [-0.25, -0.2) is 4.98 Å². The molecule has 22 heavy (non-hydrogen) atoms. The van der Waals surface area contributed by atoms with E-state index in [4.69, 9.17) is 0 Å². The molecule has 0 radical (unpaired) electrons. The lowest BCUT2D eigenvalue weighted by atomic mass is 10.2. The van der Waals surface area contributed by atoms with Gasteiger partial charge in [0.25, 0.3) is 5.56 Å². The fraction of sp³-hybridized carbons (Fsp3) is 0.222. The molecular formula is C18H18N2OS. The first-order valence-electron chi connectivity index (χ1n) is 7.25. The van der Waals surface area contributed by atoms with Crippen LogP contribution in [0.2, 0.25) is 0 Å². The highest BCUT2D eigenvalue weighted by atomic mass is 32.2. The van der Waals surface area contributed by atoms with Crippen LogP contribution in [0.25, 0.3) is 5.65 Å². The molecule has 0 N–H and O–H groups in total. The molecule has 0 unspecified atom stereocenters. The number of aromatic nitrogens is 2. The van der Waals surface area contributed by atoms with Crippen LogP contribution in [-0.4, -0.2) is 9.38 Å². The van der Waals surface area contributed by atoms with Crippen molar-refractivity contribution in [3.8, 4) is 0 Å². The minimum atomic E-state index is -0.00552. The summed E-state index contributed by atoms with van der Waals surface area (Å²) in [5.74, 6) is 1.67. The number of thioether (sulfide) groups is 1.